The van der Waals surface area contributed by atoms with E-state index in [9.17, 15) is 0 Å². The number of hydrogen-bond donors (Lipinski definition) is 0. The van der Waals surface area contributed by atoms with Gasteiger partial charge >= 0.3 is 6.85 Å². The minimum Gasteiger partial charge on any atom is -0.456 e. The number of benzene rings is 6. The molecule has 4 heterocycles. The second kappa shape index (κ2) is 8.24. The first-order valence-corrected chi connectivity index (χ1v) is 15.5. The average molecular weight is 564 g/mol. The Hall–Kier alpha value is -5.22. The smallest absolute Gasteiger partial charge is 0.333 e. The summed E-state index contributed by atoms with van der Waals surface area (Å²) in [5.41, 5.74) is 17.2. The Kier molecular flexibility index (Phi) is 4.54. The monoisotopic (exact) mass is 564 g/mol. The SMILES string of the molecule is Cc1cc2c3c(c1)N(c1ccccc1)c1cc4c(cc1B3N1c3ccccc3C(C)(C)c3cccc-2c31)oc1ccccc14. The number of anilines is 5. The molecule has 0 amide bonds. The van der Waals surface area contributed by atoms with Crippen LogP contribution in [-0.2, 0) is 5.41 Å². The molecule has 0 N–H and O–H groups in total. The fraction of sp³-hybridized carbons (Fsp3) is 0.100. The van der Waals surface area contributed by atoms with Crippen molar-refractivity contribution in [2.24, 2.45) is 0 Å². The van der Waals surface area contributed by atoms with Crippen LogP contribution >= 0.6 is 0 Å². The molecule has 10 rings (SSSR count). The lowest BCUT2D eigenvalue weighted by Gasteiger charge is -2.51. The number of nitrogens with zero attached hydrogens (tertiary/aromatic N) is 2. The van der Waals surface area contributed by atoms with Crippen LogP contribution in [0.25, 0.3) is 33.1 Å². The molecule has 4 heteroatoms. The molecule has 0 unspecified atom stereocenters. The van der Waals surface area contributed by atoms with Gasteiger partial charge in [0.05, 0.1) is 0 Å². The maximum atomic E-state index is 6.55. The Morgan fingerprint density at radius 2 is 1.39 bits per heavy atom. The van der Waals surface area contributed by atoms with Gasteiger partial charge in [0, 0.05) is 50.2 Å². The zero-order valence-electron chi connectivity index (χ0n) is 24.9. The molecule has 0 fully saturated rings. The Labute approximate surface area is 257 Å². The number of para-hydroxylation sites is 4. The lowest BCUT2D eigenvalue weighted by atomic mass is 9.42. The number of aryl methyl sites for hydroxylation is 1. The minimum absolute atomic E-state index is 0.0147. The average Bonchev–Trinajstić information content (AvgIpc) is 3.41. The van der Waals surface area contributed by atoms with Crippen molar-refractivity contribution in [3.63, 3.8) is 0 Å². The van der Waals surface area contributed by atoms with E-state index in [1.807, 2.05) is 0 Å². The van der Waals surface area contributed by atoms with Gasteiger partial charge in [0.1, 0.15) is 11.2 Å². The Bertz CT molecular complexity index is 2350. The highest BCUT2D eigenvalue weighted by Crippen LogP contribution is 2.56. The van der Waals surface area contributed by atoms with Crippen LogP contribution in [0, 0.1) is 6.92 Å². The van der Waals surface area contributed by atoms with Crippen LogP contribution in [0.15, 0.2) is 126 Å². The number of rotatable bonds is 1. The summed E-state index contributed by atoms with van der Waals surface area (Å²) in [5, 5.41) is 2.30. The summed E-state index contributed by atoms with van der Waals surface area (Å²) < 4.78 is 6.55. The van der Waals surface area contributed by atoms with Crippen LogP contribution < -0.4 is 20.6 Å². The van der Waals surface area contributed by atoms with Gasteiger partial charge in [-0.2, -0.15) is 0 Å². The molecule has 3 aliphatic rings. The third-order valence-electron chi connectivity index (χ3n) is 10.2. The van der Waals surface area contributed by atoms with E-state index in [0.717, 1.165) is 27.6 Å². The quantitative estimate of drug-likeness (QED) is 0.185. The van der Waals surface area contributed by atoms with Gasteiger partial charge < -0.3 is 14.1 Å². The van der Waals surface area contributed by atoms with Crippen LogP contribution in [0.1, 0.15) is 30.5 Å². The fourth-order valence-corrected chi connectivity index (χ4v) is 8.34. The highest BCUT2D eigenvalue weighted by atomic mass is 16.3. The maximum Gasteiger partial charge on any atom is 0.333 e. The lowest BCUT2D eigenvalue weighted by Crippen LogP contribution is -2.63. The van der Waals surface area contributed by atoms with Crippen LogP contribution in [0.3, 0.4) is 0 Å². The summed E-state index contributed by atoms with van der Waals surface area (Å²) in [4.78, 5) is 5.12. The zero-order chi connectivity index (χ0) is 29.3. The second-order valence-corrected chi connectivity index (χ2v) is 13.0. The fourth-order valence-electron chi connectivity index (χ4n) is 8.34. The summed E-state index contributed by atoms with van der Waals surface area (Å²) in [6, 6.07) is 44.6. The van der Waals surface area contributed by atoms with Gasteiger partial charge in [-0.25, -0.2) is 0 Å². The zero-order valence-corrected chi connectivity index (χ0v) is 24.9. The highest BCUT2D eigenvalue weighted by molar-refractivity contribution is 6.94. The van der Waals surface area contributed by atoms with E-state index < -0.39 is 0 Å². The van der Waals surface area contributed by atoms with E-state index in [-0.39, 0.29) is 12.3 Å². The minimum atomic E-state index is -0.126. The van der Waals surface area contributed by atoms with E-state index in [2.05, 4.69) is 152 Å². The Morgan fingerprint density at radius 1 is 0.614 bits per heavy atom. The molecule has 7 aromatic rings. The normalized spacial score (nSPS) is 15.2. The van der Waals surface area contributed by atoms with Crippen LogP contribution in [0.2, 0.25) is 0 Å². The Morgan fingerprint density at radius 3 is 2.27 bits per heavy atom. The van der Waals surface area contributed by atoms with Gasteiger partial charge in [-0.15, -0.1) is 0 Å². The first-order chi connectivity index (χ1) is 21.5. The van der Waals surface area contributed by atoms with Gasteiger partial charge in [-0.3, -0.25) is 0 Å². The molecule has 6 aromatic carbocycles. The Balaban J connectivity index is 1.39. The van der Waals surface area contributed by atoms with Crippen LogP contribution in [0.5, 0.6) is 0 Å². The summed E-state index contributed by atoms with van der Waals surface area (Å²) >= 11 is 0. The molecule has 0 radical (unpaired) electrons. The molecule has 1 aromatic heterocycles. The first kappa shape index (κ1) is 24.3. The molecule has 0 saturated carbocycles. The predicted octanol–water partition coefficient (Wildman–Crippen LogP) is 9.24. The molecule has 0 atom stereocenters. The summed E-state index contributed by atoms with van der Waals surface area (Å²) in [5.74, 6) is 0. The molecule has 0 spiro atoms. The standard InChI is InChI=1S/C40H29BN2O/c1-24-20-29-27-15-11-17-31-39(27)43(33-18-9-8-16-30(33)40(31,2)3)41-32-23-37-28(26-14-7-10-19-36(26)44-37)22-34(32)42(35(21-24)38(29)41)25-12-5-4-6-13-25/h4-23H,1-3H3. The van der Waals surface area contributed by atoms with Gasteiger partial charge in [-0.1, -0.05) is 92.7 Å². The molecular formula is C40H29BN2O. The van der Waals surface area contributed by atoms with Crippen LogP contribution in [0.4, 0.5) is 28.4 Å². The summed E-state index contributed by atoms with van der Waals surface area (Å²) in [7, 11) is 0. The van der Waals surface area contributed by atoms with Crippen molar-refractivity contribution >= 4 is 68.1 Å². The van der Waals surface area contributed by atoms with Crippen LogP contribution in [-0.4, -0.2) is 6.85 Å². The van der Waals surface area contributed by atoms with Crippen molar-refractivity contribution in [1.29, 1.82) is 0 Å². The van der Waals surface area contributed by atoms with Crippen molar-refractivity contribution in [2.75, 3.05) is 9.71 Å². The molecule has 44 heavy (non-hydrogen) atoms. The first-order valence-electron chi connectivity index (χ1n) is 15.5. The maximum absolute atomic E-state index is 6.55. The van der Waals surface area contributed by atoms with Crippen molar-refractivity contribution in [1.82, 2.24) is 0 Å². The second-order valence-electron chi connectivity index (χ2n) is 13.0. The molecule has 3 aliphatic heterocycles. The molecule has 208 valence electrons. The largest absolute Gasteiger partial charge is 0.456 e. The number of hydrogen-bond acceptors (Lipinski definition) is 3. The van der Waals surface area contributed by atoms with E-state index in [4.69, 9.17) is 4.42 Å². The summed E-state index contributed by atoms with van der Waals surface area (Å²) in [6.07, 6.45) is 0. The van der Waals surface area contributed by atoms with Crippen molar-refractivity contribution in [2.45, 2.75) is 26.2 Å². The van der Waals surface area contributed by atoms with Gasteiger partial charge in [0.15, 0.2) is 0 Å². The molecule has 0 saturated heterocycles. The molecule has 3 nitrogen and oxygen atoms in total. The van der Waals surface area contributed by atoms with E-state index in [0.29, 0.717) is 0 Å². The highest BCUT2D eigenvalue weighted by Gasteiger charge is 2.50. The van der Waals surface area contributed by atoms with Gasteiger partial charge in [0.2, 0.25) is 0 Å². The lowest BCUT2D eigenvalue weighted by molar-refractivity contribution is 0.634. The third-order valence-corrected chi connectivity index (χ3v) is 10.2. The van der Waals surface area contributed by atoms with Crippen molar-refractivity contribution in [3.8, 4) is 11.1 Å². The number of fused-ring (bicyclic) bond motifs is 9. The molecule has 0 aliphatic carbocycles. The summed E-state index contributed by atoms with van der Waals surface area (Å²) in [6.45, 7) is 6.97. The van der Waals surface area contributed by atoms with E-state index >= 15 is 0 Å². The third kappa shape index (κ3) is 2.93. The van der Waals surface area contributed by atoms with Crippen molar-refractivity contribution < 1.29 is 4.42 Å². The van der Waals surface area contributed by atoms with E-state index in [1.165, 1.54) is 61.5 Å². The topological polar surface area (TPSA) is 19.6 Å². The number of furan rings is 1. The van der Waals surface area contributed by atoms with Crippen molar-refractivity contribution in [3.05, 3.63) is 138 Å². The van der Waals surface area contributed by atoms with Gasteiger partial charge in [-0.05, 0) is 82.6 Å². The molecule has 0 bridgehead atoms. The predicted molar refractivity (Wildman–Crippen MR) is 184 cm³/mol. The van der Waals surface area contributed by atoms with E-state index in [1.54, 1.807) is 0 Å². The van der Waals surface area contributed by atoms with Gasteiger partial charge in [0.25, 0.3) is 0 Å². The molecular weight excluding hydrogens is 535 g/mol.